The quantitative estimate of drug-likeness (QED) is 0.411. The van der Waals surface area contributed by atoms with Gasteiger partial charge in [0.05, 0.1) is 12.1 Å². The highest BCUT2D eigenvalue weighted by Gasteiger charge is 2.21. The Kier molecular flexibility index (Phi) is 1.30. The smallest absolute Gasteiger partial charge is 0.0869 e. The van der Waals surface area contributed by atoms with E-state index >= 15 is 0 Å². The molecular weight excluding hydrogens is 90.1 g/mol. The molecule has 0 aliphatic heterocycles. The maximum atomic E-state index is 8.86. The van der Waals surface area contributed by atoms with Crippen molar-refractivity contribution in [3.05, 3.63) is 0 Å². The van der Waals surface area contributed by atoms with E-state index in [4.69, 9.17) is 5.11 Å². The molecule has 2 heteroatoms. The average molecular weight is 102 g/mol. The van der Waals surface area contributed by atoms with Crippen molar-refractivity contribution in [1.29, 1.82) is 0 Å². The van der Waals surface area contributed by atoms with E-state index in [-0.39, 0.29) is 6.10 Å². The number of hydrogen-bond donors (Lipinski definition) is 2. The first-order valence-electron chi connectivity index (χ1n) is 2.80. The van der Waals surface area contributed by atoms with Gasteiger partial charge in [-0.2, -0.15) is 0 Å². The fraction of sp³-hybridized carbons (Fsp3) is 1.00. The number of quaternary nitrogens is 1. The fourth-order valence-electron chi connectivity index (χ4n) is 1.05. The van der Waals surface area contributed by atoms with Crippen LogP contribution >= 0.6 is 0 Å². The second-order valence-corrected chi connectivity index (χ2v) is 2.33. The molecule has 4 N–H and O–H groups in total. The predicted octanol–water partition coefficient (Wildman–Crippen LogP) is -0.858. The molecule has 1 aliphatic rings. The number of aliphatic hydroxyl groups is 1. The van der Waals surface area contributed by atoms with Crippen molar-refractivity contribution >= 4 is 0 Å². The molecule has 0 spiro atoms. The van der Waals surface area contributed by atoms with Gasteiger partial charge in [0.1, 0.15) is 0 Å². The van der Waals surface area contributed by atoms with Crippen LogP contribution in [0.1, 0.15) is 19.3 Å². The molecule has 0 radical (unpaired) electrons. The molecular formula is C5H12NO+. The van der Waals surface area contributed by atoms with Crippen molar-refractivity contribution in [2.75, 3.05) is 0 Å². The minimum Gasteiger partial charge on any atom is -0.393 e. The third kappa shape index (κ3) is 1.14. The van der Waals surface area contributed by atoms with Crippen LogP contribution in [-0.2, 0) is 0 Å². The fourth-order valence-corrected chi connectivity index (χ4v) is 1.05. The molecule has 0 aromatic carbocycles. The van der Waals surface area contributed by atoms with Gasteiger partial charge in [-0.15, -0.1) is 0 Å². The summed E-state index contributed by atoms with van der Waals surface area (Å²) in [6.45, 7) is 0. The van der Waals surface area contributed by atoms with E-state index in [1.165, 1.54) is 0 Å². The van der Waals surface area contributed by atoms with Crippen molar-refractivity contribution in [2.24, 2.45) is 0 Å². The molecule has 0 heterocycles. The summed E-state index contributed by atoms with van der Waals surface area (Å²) in [5.74, 6) is 0. The maximum absolute atomic E-state index is 8.86. The molecule has 2 atom stereocenters. The molecule has 0 saturated heterocycles. The van der Waals surface area contributed by atoms with Gasteiger partial charge in [0.25, 0.3) is 0 Å². The second kappa shape index (κ2) is 1.80. The Morgan fingerprint density at radius 3 is 2.29 bits per heavy atom. The van der Waals surface area contributed by atoms with Crippen LogP contribution in [0.5, 0.6) is 0 Å². The minimum absolute atomic E-state index is 0.0394. The van der Waals surface area contributed by atoms with Gasteiger partial charge < -0.3 is 10.8 Å². The Morgan fingerprint density at radius 1 is 1.43 bits per heavy atom. The molecule has 1 saturated carbocycles. The molecule has 1 aliphatic carbocycles. The Bertz CT molecular complexity index is 57.1. The van der Waals surface area contributed by atoms with E-state index < -0.39 is 0 Å². The monoisotopic (exact) mass is 102 g/mol. The summed E-state index contributed by atoms with van der Waals surface area (Å²) in [5.41, 5.74) is 3.83. The Hall–Kier alpha value is -0.0800. The van der Waals surface area contributed by atoms with Gasteiger partial charge in [0.2, 0.25) is 0 Å². The Morgan fingerprint density at radius 2 is 2.14 bits per heavy atom. The summed E-state index contributed by atoms with van der Waals surface area (Å²) >= 11 is 0. The zero-order valence-corrected chi connectivity index (χ0v) is 4.43. The van der Waals surface area contributed by atoms with Crippen LogP contribution in [-0.4, -0.2) is 17.3 Å². The maximum Gasteiger partial charge on any atom is 0.0869 e. The van der Waals surface area contributed by atoms with Crippen molar-refractivity contribution < 1.29 is 10.8 Å². The van der Waals surface area contributed by atoms with Gasteiger partial charge in [0, 0.05) is 12.8 Å². The van der Waals surface area contributed by atoms with E-state index in [1.807, 2.05) is 0 Å². The normalized spacial score (nSPS) is 42.0. The van der Waals surface area contributed by atoms with Gasteiger partial charge in [-0.05, 0) is 6.42 Å². The Labute approximate surface area is 43.3 Å². The lowest BCUT2D eigenvalue weighted by Crippen LogP contribution is -2.59. The molecule has 1 rings (SSSR count). The zero-order chi connectivity index (χ0) is 5.28. The lowest BCUT2D eigenvalue weighted by Gasteiger charge is -1.93. The molecule has 0 aromatic heterocycles. The van der Waals surface area contributed by atoms with Gasteiger partial charge in [-0.3, -0.25) is 0 Å². The highest BCUT2D eigenvalue weighted by Crippen LogP contribution is 2.14. The van der Waals surface area contributed by atoms with Crippen LogP contribution < -0.4 is 5.73 Å². The van der Waals surface area contributed by atoms with Gasteiger partial charge in [-0.25, -0.2) is 0 Å². The first kappa shape index (κ1) is 5.06. The van der Waals surface area contributed by atoms with Crippen LogP contribution in [0.25, 0.3) is 0 Å². The van der Waals surface area contributed by atoms with E-state index in [1.54, 1.807) is 0 Å². The van der Waals surface area contributed by atoms with Gasteiger partial charge in [-0.1, -0.05) is 0 Å². The lowest BCUT2D eigenvalue weighted by atomic mass is 10.3. The van der Waals surface area contributed by atoms with E-state index in [9.17, 15) is 0 Å². The largest absolute Gasteiger partial charge is 0.393 e. The number of rotatable bonds is 0. The van der Waals surface area contributed by atoms with Crippen molar-refractivity contribution in [3.8, 4) is 0 Å². The summed E-state index contributed by atoms with van der Waals surface area (Å²) in [5, 5.41) is 8.86. The SMILES string of the molecule is [NH3+]C1CCC(O)C1. The van der Waals surface area contributed by atoms with Gasteiger partial charge >= 0.3 is 0 Å². The number of aliphatic hydroxyl groups excluding tert-OH is 1. The van der Waals surface area contributed by atoms with Crippen LogP contribution in [0.4, 0.5) is 0 Å². The molecule has 0 aromatic rings. The second-order valence-electron chi connectivity index (χ2n) is 2.33. The van der Waals surface area contributed by atoms with E-state index in [0.29, 0.717) is 6.04 Å². The van der Waals surface area contributed by atoms with Crippen molar-refractivity contribution in [1.82, 2.24) is 0 Å². The molecule has 2 unspecified atom stereocenters. The number of hydrogen-bond acceptors (Lipinski definition) is 1. The zero-order valence-electron chi connectivity index (χ0n) is 4.43. The minimum atomic E-state index is -0.0394. The summed E-state index contributed by atoms with van der Waals surface area (Å²) in [6, 6.07) is 0.523. The highest BCUT2D eigenvalue weighted by molar-refractivity contribution is 4.71. The van der Waals surface area contributed by atoms with Crippen LogP contribution in [0.2, 0.25) is 0 Å². The molecule has 0 amide bonds. The van der Waals surface area contributed by atoms with E-state index in [2.05, 4.69) is 5.73 Å². The summed E-state index contributed by atoms with van der Waals surface area (Å²) in [7, 11) is 0. The molecule has 0 bridgehead atoms. The van der Waals surface area contributed by atoms with Crippen LogP contribution in [0.3, 0.4) is 0 Å². The third-order valence-electron chi connectivity index (χ3n) is 1.51. The van der Waals surface area contributed by atoms with Crippen LogP contribution in [0.15, 0.2) is 0 Å². The first-order chi connectivity index (χ1) is 3.29. The standard InChI is InChI=1S/C5H11NO/c6-4-1-2-5(7)3-4/h4-5,7H,1-3,6H2/p+1. The van der Waals surface area contributed by atoms with Crippen molar-refractivity contribution in [2.45, 2.75) is 31.4 Å². The van der Waals surface area contributed by atoms with Gasteiger partial charge in [0.15, 0.2) is 0 Å². The highest BCUT2D eigenvalue weighted by atomic mass is 16.3. The lowest BCUT2D eigenvalue weighted by molar-refractivity contribution is -0.418. The topological polar surface area (TPSA) is 47.9 Å². The molecule has 1 fully saturated rings. The third-order valence-corrected chi connectivity index (χ3v) is 1.51. The molecule has 7 heavy (non-hydrogen) atoms. The molecule has 42 valence electrons. The average Bonchev–Trinajstić information content (AvgIpc) is 1.87. The predicted molar refractivity (Wildman–Crippen MR) is 26.5 cm³/mol. The van der Waals surface area contributed by atoms with E-state index in [0.717, 1.165) is 19.3 Å². The molecule has 2 nitrogen and oxygen atoms in total. The summed E-state index contributed by atoms with van der Waals surface area (Å²) in [4.78, 5) is 0. The Balaban J connectivity index is 2.26. The van der Waals surface area contributed by atoms with Crippen LogP contribution in [0, 0.1) is 0 Å². The summed E-state index contributed by atoms with van der Waals surface area (Å²) in [6.07, 6.45) is 2.96. The van der Waals surface area contributed by atoms with Crippen molar-refractivity contribution in [3.63, 3.8) is 0 Å². The summed E-state index contributed by atoms with van der Waals surface area (Å²) < 4.78 is 0. The first-order valence-corrected chi connectivity index (χ1v) is 2.80.